The molecule has 5 heteroatoms. The van der Waals surface area contributed by atoms with Crippen molar-refractivity contribution in [3.05, 3.63) is 35.9 Å². The standard InChI is InChI=1S/C22H30F2N2O/c1-15-11-20-18(12-21(27)26(20)14-16-5-3-2-4-6-16)19(15)13-25-17-7-9-22(23,24)10-8-17/h2-6,15,17-20,25H,7-14H2,1H3/t15-,18-,19+,20+/m0/s1. The molecule has 0 unspecified atom stereocenters. The third-order valence-electron chi connectivity index (χ3n) is 7.07. The lowest BCUT2D eigenvalue weighted by molar-refractivity contribution is -0.129. The molecule has 1 aromatic carbocycles. The monoisotopic (exact) mass is 376 g/mol. The number of halogens is 2. The van der Waals surface area contributed by atoms with Crippen LogP contribution in [0.15, 0.2) is 30.3 Å². The first-order chi connectivity index (χ1) is 12.9. The second-order valence-electron chi connectivity index (χ2n) is 8.86. The molecule has 148 valence electrons. The summed E-state index contributed by atoms with van der Waals surface area (Å²) in [5, 5.41) is 3.56. The largest absolute Gasteiger partial charge is 0.335 e. The molecule has 1 heterocycles. The third-order valence-corrected chi connectivity index (χ3v) is 7.07. The Labute approximate surface area is 160 Å². The number of carbonyl (C=O) groups excluding carboxylic acids is 1. The number of fused-ring (bicyclic) bond motifs is 1. The first-order valence-electron chi connectivity index (χ1n) is 10.4. The van der Waals surface area contributed by atoms with Crippen molar-refractivity contribution >= 4 is 5.91 Å². The molecule has 2 aliphatic carbocycles. The number of hydrogen-bond donors (Lipinski definition) is 1. The molecule has 0 bridgehead atoms. The average molecular weight is 376 g/mol. The van der Waals surface area contributed by atoms with E-state index in [1.807, 2.05) is 18.2 Å². The Morgan fingerprint density at radius 1 is 1.19 bits per heavy atom. The molecule has 0 spiro atoms. The maximum atomic E-state index is 13.4. The van der Waals surface area contributed by atoms with E-state index in [4.69, 9.17) is 0 Å². The Morgan fingerprint density at radius 3 is 2.59 bits per heavy atom. The van der Waals surface area contributed by atoms with Crippen LogP contribution in [0, 0.1) is 17.8 Å². The molecule has 4 atom stereocenters. The van der Waals surface area contributed by atoms with Gasteiger partial charge in [0.15, 0.2) is 0 Å². The summed E-state index contributed by atoms with van der Waals surface area (Å²) in [6.45, 7) is 3.83. The second kappa shape index (κ2) is 7.50. The van der Waals surface area contributed by atoms with Gasteiger partial charge in [0.1, 0.15) is 0 Å². The quantitative estimate of drug-likeness (QED) is 0.834. The van der Waals surface area contributed by atoms with Crippen LogP contribution < -0.4 is 5.32 Å². The van der Waals surface area contributed by atoms with Crippen molar-refractivity contribution in [1.82, 2.24) is 10.2 Å². The van der Waals surface area contributed by atoms with Crippen LogP contribution in [0.4, 0.5) is 8.78 Å². The van der Waals surface area contributed by atoms with Crippen LogP contribution >= 0.6 is 0 Å². The predicted molar refractivity (Wildman–Crippen MR) is 101 cm³/mol. The van der Waals surface area contributed by atoms with Crippen LogP contribution in [0.3, 0.4) is 0 Å². The van der Waals surface area contributed by atoms with E-state index < -0.39 is 5.92 Å². The van der Waals surface area contributed by atoms with E-state index in [0.717, 1.165) is 13.0 Å². The van der Waals surface area contributed by atoms with Crippen LogP contribution in [0.1, 0.15) is 51.0 Å². The minimum absolute atomic E-state index is 0.000278. The SMILES string of the molecule is C[C@H]1C[C@@H]2[C@@H](CC(=O)N2Cc2ccccc2)[C@@H]1CNC1CCC(F)(F)CC1. The first kappa shape index (κ1) is 18.9. The lowest BCUT2D eigenvalue weighted by atomic mass is 9.87. The summed E-state index contributed by atoms with van der Waals surface area (Å²) in [5.74, 6) is -0.789. The Kier molecular flexibility index (Phi) is 5.23. The smallest absolute Gasteiger partial charge is 0.248 e. The molecule has 3 nitrogen and oxygen atoms in total. The van der Waals surface area contributed by atoms with E-state index in [9.17, 15) is 13.6 Å². The molecule has 1 aromatic rings. The van der Waals surface area contributed by atoms with Crippen molar-refractivity contribution in [1.29, 1.82) is 0 Å². The Bertz CT molecular complexity index is 656. The molecule has 1 aliphatic heterocycles. The number of carbonyl (C=O) groups is 1. The Hall–Kier alpha value is -1.49. The number of likely N-dealkylation sites (tertiary alicyclic amines) is 1. The van der Waals surface area contributed by atoms with Crippen molar-refractivity contribution in [2.45, 2.75) is 70.0 Å². The fourth-order valence-electron chi connectivity index (χ4n) is 5.47. The number of hydrogen-bond acceptors (Lipinski definition) is 2. The molecular formula is C22H30F2N2O. The van der Waals surface area contributed by atoms with Gasteiger partial charge in [-0.2, -0.15) is 0 Å². The highest BCUT2D eigenvalue weighted by molar-refractivity contribution is 5.79. The van der Waals surface area contributed by atoms with Gasteiger partial charge in [0.05, 0.1) is 0 Å². The number of alkyl halides is 2. The summed E-state index contributed by atoms with van der Waals surface area (Å²) in [6.07, 6.45) is 2.80. The van der Waals surface area contributed by atoms with Gasteiger partial charge in [0.25, 0.3) is 0 Å². The highest BCUT2D eigenvalue weighted by Crippen LogP contribution is 2.46. The van der Waals surface area contributed by atoms with Gasteiger partial charge in [-0.3, -0.25) is 4.79 Å². The molecule has 3 fully saturated rings. The molecule has 27 heavy (non-hydrogen) atoms. The Morgan fingerprint density at radius 2 is 1.89 bits per heavy atom. The van der Waals surface area contributed by atoms with E-state index in [1.165, 1.54) is 5.56 Å². The lowest BCUT2D eigenvalue weighted by Crippen LogP contribution is -2.41. The van der Waals surface area contributed by atoms with Gasteiger partial charge in [-0.05, 0) is 49.1 Å². The first-order valence-corrected chi connectivity index (χ1v) is 10.4. The van der Waals surface area contributed by atoms with Crippen molar-refractivity contribution in [3.63, 3.8) is 0 Å². The zero-order valence-electron chi connectivity index (χ0n) is 16.0. The highest BCUT2D eigenvalue weighted by atomic mass is 19.3. The van der Waals surface area contributed by atoms with Gasteiger partial charge < -0.3 is 10.2 Å². The lowest BCUT2D eigenvalue weighted by Gasteiger charge is -2.31. The number of benzene rings is 1. The van der Waals surface area contributed by atoms with Gasteiger partial charge in [-0.15, -0.1) is 0 Å². The van der Waals surface area contributed by atoms with E-state index in [2.05, 4.69) is 29.3 Å². The average Bonchev–Trinajstić information content (AvgIpc) is 3.10. The van der Waals surface area contributed by atoms with Gasteiger partial charge in [-0.25, -0.2) is 8.78 Å². The van der Waals surface area contributed by atoms with Gasteiger partial charge in [0.2, 0.25) is 11.8 Å². The van der Waals surface area contributed by atoms with E-state index in [1.54, 1.807) is 0 Å². The second-order valence-corrected chi connectivity index (χ2v) is 8.86. The summed E-state index contributed by atoms with van der Waals surface area (Å²) in [4.78, 5) is 14.7. The zero-order chi connectivity index (χ0) is 19.0. The fraction of sp³-hybridized carbons (Fsp3) is 0.682. The number of nitrogens with one attached hydrogen (secondary N) is 1. The molecule has 1 N–H and O–H groups in total. The molecule has 1 amide bonds. The highest BCUT2D eigenvalue weighted by Gasteiger charge is 2.50. The number of amides is 1. The summed E-state index contributed by atoms with van der Waals surface area (Å²) < 4.78 is 26.7. The fourth-order valence-corrected chi connectivity index (χ4v) is 5.47. The normalized spacial score (nSPS) is 33.4. The van der Waals surface area contributed by atoms with Crippen molar-refractivity contribution < 1.29 is 13.6 Å². The van der Waals surface area contributed by atoms with Crippen LogP contribution in [-0.4, -0.2) is 35.4 Å². The molecular weight excluding hydrogens is 346 g/mol. The van der Waals surface area contributed by atoms with Gasteiger partial charge in [-0.1, -0.05) is 37.3 Å². The van der Waals surface area contributed by atoms with Crippen molar-refractivity contribution in [2.75, 3.05) is 6.54 Å². The van der Waals surface area contributed by atoms with E-state index in [-0.39, 0.29) is 24.8 Å². The Balaban J connectivity index is 1.35. The predicted octanol–water partition coefficient (Wildman–Crippen LogP) is 4.23. The van der Waals surface area contributed by atoms with Crippen LogP contribution in [0.25, 0.3) is 0 Å². The summed E-state index contributed by atoms with van der Waals surface area (Å²) >= 11 is 0. The third kappa shape index (κ3) is 4.03. The summed E-state index contributed by atoms with van der Waals surface area (Å²) in [5.41, 5.74) is 1.18. The van der Waals surface area contributed by atoms with Crippen LogP contribution in [-0.2, 0) is 11.3 Å². The molecule has 0 aromatic heterocycles. The van der Waals surface area contributed by atoms with Gasteiger partial charge >= 0.3 is 0 Å². The molecule has 1 saturated heterocycles. The summed E-state index contributed by atoms with van der Waals surface area (Å²) in [6, 6.07) is 10.7. The van der Waals surface area contributed by atoms with E-state index >= 15 is 0 Å². The van der Waals surface area contributed by atoms with Crippen LogP contribution in [0.2, 0.25) is 0 Å². The molecule has 4 rings (SSSR count). The maximum absolute atomic E-state index is 13.4. The summed E-state index contributed by atoms with van der Waals surface area (Å²) in [7, 11) is 0. The topological polar surface area (TPSA) is 32.3 Å². The zero-order valence-corrected chi connectivity index (χ0v) is 16.0. The van der Waals surface area contributed by atoms with Crippen molar-refractivity contribution in [2.24, 2.45) is 17.8 Å². The molecule has 0 radical (unpaired) electrons. The van der Waals surface area contributed by atoms with Crippen LogP contribution in [0.5, 0.6) is 0 Å². The minimum Gasteiger partial charge on any atom is -0.335 e. The van der Waals surface area contributed by atoms with E-state index in [0.29, 0.717) is 49.6 Å². The van der Waals surface area contributed by atoms with Crippen molar-refractivity contribution in [3.8, 4) is 0 Å². The maximum Gasteiger partial charge on any atom is 0.248 e. The number of rotatable bonds is 5. The molecule has 3 aliphatic rings. The number of nitrogens with zero attached hydrogens (tertiary/aromatic N) is 1. The minimum atomic E-state index is -2.47. The van der Waals surface area contributed by atoms with Gasteiger partial charge in [0, 0.05) is 37.9 Å². The molecule has 2 saturated carbocycles.